The van der Waals surface area contributed by atoms with Crippen molar-refractivity contribution in [2.75, 3.05) is 0 Å². The zero-order valence-corrected chi connectivity index (χ0v) is 14.5. The molecule has 1 rings (SSSR count). The summed E-state index contributed by atoms with van der Waals surface area (Å²) in [7, 11) is 0. The highest BCUT2D eigenvalue weighted by Crippen LogP contribution is 2.06. The Morgan fingerprint density at radius 1 is 0.727 bits per heavy atom. The van der Waals surface area contributed by atoms with Crippen LogP contribution in [0, 0.1) is 0 Å². The second-order valence-corrected chi connectivity index (χ2v) is 6.42. The third kappa shape index (κ3) is 10.9. The van der Waals surface area contributed by atoms with E-state index in [0.717, 1.165) is 0 Å². The topological polar surface area (TPSA) is 8.81 Å². The lowest BCUT2D eigenvalue weighted by atomic mass is 10.1. The van der Waals surface area contributed by atoms with Crippen molar-refractivity contribution in [1.82, 2.24) is 4.57 Å². The Balaban J connectivity index is 0.00000441. The first kappa shape index (κ1) is 21.3. The van der Waals surface area contributed by atoms with E-state index in [2.05, 4.69) is 41.7 Å². The van der Waals surface area contributed by atoms with E-state index in [1.807, 2.05) is 0 Å². The molecule has 0 aliphatic rings. The second-order valence-electron chi connectivity index (χ2n) is 6.42. The standard InChI is InChI=1S/C19H37N2.BH4/c1-3-5-7-9-11-13-15-20-17-18-21(19-20)16-14-12-10-8-6-4-2;/h17-19H,3-16H2,1-2H3;1H4/q+1;-1. The first-order valence-electron chi connectivity index (χ1n) is 9.41. The van der Waals surface area contributed by atoms with E-state index in [9.17, 15) is 0 Å². The molecule has 0 aromatic carbocycles. The highest BCUT2D eigenvalue weighted by molar-refractivity contribution is 5.75. The van der Waals surface area contributed by atoms with E-state index in [-0.39, 0.29) is 8.41 Å². The smallest absolute Gasteiger partial charge is 0.237 e. The van der Waals surface area contributed by atoms with E-state index in [1.165, 1.54) is 90.1 Å². The number of rotatable bonds is 14. The van der Waals surface area contributed by atoms with Gasteiger partial charge in [-0.25, -0.2) is 9.13 Å². The van der Waals surface area contributed by atoms with Crippen LogP contribution in [-0.2, 0) is 13.1 Å². The van der Waals surface area contributed by atoms with Gasteiger partial charge in [-0.2, -0.15) is 0 Å². The van der Waals surface area contributed by atoms with Gasteiger partial charge in [0.1, 0.15) is 12.4 Å². The molecule has 0 spiro atoms. The molecule has 0 N–H and O–H groups in total. The molecular weight excluding hydrogens is 267 g/mol. The molecule has 1 aromatic rings. The van der Waals surface area contributed by atoms with E-state index in [0.29, 0.717) is 0 Å². The average molecular weight is 308 g/mol. The van der Waals surface area contributed by atoms with Gasteiger partial charge in [0.05, 0.1) is 13.1 Å². The summed E-state index contributed by atoms with van der Waals surface area (Å²) in [5.74, 6) is 0. The Labute approximate surface area is 140 Å². The fourth-order valence-corrected chi connectivity index (χ4v) is 2.85. The van der Waals surface area contributed by atoms with Crippen molar-refractivity contribution in [3.63, 3.8) is 0 Å². The van der Waals surface area contributed by atoms with Gasteiger partial charge >= 0.3 is 0 Å². The van der Waals surface area contributed by atoms with Crippen molar-refractivity contribution in [3.8, 4) is 0 Å². The van der Waals surface area contributed by atoms with Crippen LogP contribution in [0.3, 0.4) is 0 Å². The number of hydrogen-bond donors (Lipinski definition) is 0. The van der Waals surface area contributed by atoms with Gasteiger partial charge in [-0.1, -0.05) is 73.6 Å². The van der Waals surface area contributed by atoms with Crippen LogP contribution in [0.1, 0.15) is 90.9 Å². The molecule has 22 heavy (non-hydrogen) atoms. The Morgan fingerprint density at radius 2 is 1.27 bits per heavy atom. The minimum absolute atomic E-state index is 0. The first-order chi connectivity index (χ1) is 10.4. The number of unbranched alkanes of at least 4 members (excludes halogenated alkanes) is 10. The summed E-state index contributed by atoms with van der Waals surface area (Å²) in [6.45, 7) is 6.94. The Kier molecular flexibility index (Phi) is 14.7. The summed E-state index contributed by atoms with van der Waals surface area (Å²) in [6, 6.07) is 0. The van der Waals surface area contributed by atoms with E-state index >= 15 is 0 Å². The molecule has 0 amide bonds. The van der Waals surface area contributed by atoms with Gasteiger partial charge in [0.25, 0.3) is 0 Å². The molecule has 130 valence electrons. The van der Waals surface area contributed by atoms with Crippen LogP contribution in [0.4, 0.5) is 0 Å². The average Bonchev–Trinajstić information content (AvgIpc) is 2.94. The molecule has 1 heterocycles. The molecule has 0 aliphatic carbocycles. The van der Waals surface area contributed by atoms with Crippen LogP contribution in [-0.4, -0.2) is 13.0 Å². The van der Waals surface area contributed by atoms with E-state index < -0.39 is 0 Å². The zero-order valence-electron chi connectivity index (χ0n) is 14.5. The van der Waals surface area contributed by atoms with Crippen LogP contribution >= 0.6 is 0 Å². The predicted octanol–water partition coefficient (Wildman–Crippen LogP) is 4.05. The highest BCUT2D eigenvalue weighted by atomic mass is 15.1. The lowest BCUT2D eigenvalue weighted by Crippen LogP contribution is -2.30. The maximum atomic E-state index is 2.36. The largest absolute Gasteiger partial charge is 0.243 e. The quantitative estimate of drug-likeness (QED) is 0.279. The highest BCUT2D eigenvalue weighted by Gasteiger charge is 2.03. The maximum absolute atomic E-state index is 2.36. The fraction of sp³-hybridized carbons (Fsp3) is 0.842. The van der Waals surface area contributed by atoms with Crippen LogP contribution in [0.5, 0.6) is 0 Å². The molecule has 1 aromatic heterocycles. The molecule has 0 atom stereocenters. The fourth-order valence-electron chi connectivity index (χ4n) is 2.85. The number of aromatic nitrogens is 2. The monoisotopic (exact) mass is 308 g/mol. The summed E-state index contributed by atoms with van der Waals surface area (Å²) >= 11 is 0. The van der Waals surface area contributed by atoms with Crippen molar-refractivity contribution in [2.24, 2.45) is 0 Å². The van der Waals surface area contributed by atoms with Crippen molar-refractivity contribution < 1.29 is 4.57 Å². The Hall–Kier alpha value is -0.725. The molecule has 0 bridgehead atoms. The van der Waals surface area contributed by atoms with E-state index in [1.54, 1.807) is 0 Å². The summed E-state index contributed by atoms with van der Waals surface area (Å²) < 4.78 is 4.72. The van der Waals surface area contributed by atoms with Crippen LogP contribution in [0.25, 0.3) is 0 Å². The minimum atomic E-state index is 0. The van der Waals surface area contributed by atoms with Gasteiger partial charge in [0.2, 0.25) is 6.33 Å². The summed E-state index contributed by atoms with van der Waals surface area (Å²) in [4.78, 5) is 0. The Morgan fingerprint density at radius 3 is 1.91 bits per heavy atom. The number of nitrogens with zero attached hydrogens (tertiary/aromatic N) is 2. The van der Waals surface area contributed by atoms with Gasteiger partial charge in [-0.15, -0.1) is 0 Å². The first-order valence-corrected chi connectivity index (χ1v) is 9.41. The normalized spacial score (nSPS) is 10.6. The molecule has 0 radical (unpaired) electrons. The summed E-state index contributed by atoms with van der Waals surface area (Å²) in [5, 5.41) is 0. The van der Waals surface area contributed by atoms with Gasteiger partial charge in [-0.05, 0) is 25.7 Å². The van der Waals surface area contributed by atoms with E-state index in [4.69, 9.17) is 0 Å². The van der Waals surface area contributed by atoms with Crippen molar-refractivity contribution in [2.45, 2.75) is 104 Å². The number of aryl methyl sites for hydroxylation is 2. The second kappa shape index (κ2) is 15.2. The van der Waals surface area contributed by atoms with Crippen molar-refractivity contribution in [3.05, 3.63) is 18.7 Å². The molecule has 0 saturated carbocycles. The van der Waals surface area contributed by atoms with Gasteiger partial charge in [0.15, 0.2) is 0 Å². The summed E-state index contributed by atoms with van der Waals surface area (Å²) in [5.41, 5.74) is 0. The molecular formula is C19H41BN2. The summed E-state index contributed by atoms with van der Waals surface area (Å²) in [6.07, 6.45) is 23.3. The molecule has 2 nitrogen and oxygen atoms in total. The minimum Gasteiger partial charge on any atom is -0.237 e. The van der Waals surface area contributed by atoms with Crippen molar-refractivity contribution in [1.29, 1.82) is 0 Å². The van der Waals surface area contributed by atoms with Gasteiger partial charge in [0, 0.05) is 0 Å². The molecule has 0 saturated heterocycles. The van der Waals surface area contributed by atoms with Gasteiger partial charge < -0.3 is 0 Å². The third-order valence-electron chi connectivity index (χ3n) is 4.29. The maximum Gasteiger partial charge on any atom is 0.243 e. The SMILES string of the molecule is CCCCCCCCn1cc[n+](CCCCCCCC)c1.[BH4-]. The van der Waals surface area contributed by atoms with Crippen LogP contribution in [0.2, 0.25) is 0 Å². The molecule has 3 heteroatoms. The predicted molar refractivity (Wildman–Crippen MR) is 103 cm³/mol. The van der Waals surface area contributed by atoms with Crippen LogP contribution < -0.4 is 4.57 Å². The molecule has 0 fully saturated rings. The Bertz CT molecular complexity index is 305. The number of hydrogen-bond acceptors (Lipinski definition) is 0. The molecule has 0 unspecified atom stereocenters. The lowest BCUT2D eigenvalue weighted by Gasteiger charge is -1.99. The van der Waals surface area contributed by atoms with Gasteiger partial charge in [-0.3, -0.25) is 0 Å². The third-order valence-corrected chi connectivity index (χ3v) is 4.29. The zero-order chi connectivity index (χ0) is 15.2. The number of imidazole rings is 1. The van der Waals surface area contributed by atoms with Crippen molar-refractivity contribution >= 4 is 8.41 Å². The molecule has 0 aliphatic heterocycles. The lowest BCUT2D eigenvalue weighted by molar-refractivity contribution is -0.696. The van der Waals surface area contributed by atoms with Crippen LogP contribution in [0.15, 0.2) is 18.7 Å².